The van der Waals surface area contributed by atoms with E-state index in [1.54, 1.807) is 36.4 Å². The highest BCUT2D eigenvalue weighted by molar-refractivity contribution is 8.18. The maximum absolute atomic E-state index is 12.5. The molecule has 0 saturated carbocycles. The smallest absolute Gasteiger partial charge is 0.294 e. The number of carbonyl (C=O) groups excluding carboxylic acids is 3. The summed E-state index contributed by atoms with van der Waals surface area (Å²) in [6.45, 7) is 1.44. The molecule has 1 saturated heterocycles. The Morgan fingerprint density at radius 2 is 1.86 bits per heavy atom. The molecule has 0 atom stereocenters. The van der Waals surface area contributed by atoms with Crippen molar-refractivity contribution in [3.05, 3.63) is 67.5 Å². The number of nitrogens with one attached hydrogen (secondary N) is 1. The van der Waals surface area contributed by atoms with Crippen molar-refractivity contribution in [1.82, 2.24) is 4.90 Å². The summed E-state index contributed by atoms with van der Waals surface area (Å²) in [4.78, 5) is 38.0. The Labute approximate surface area is 180 Å². The van der Waals surface area contributed by atoms with E-state index in [2.05, 4.69) is 5.32 Å². The average Bonchev–Trinajstić information content (AvgIpc) is 2.88. The zero-order valence-corrected chi connectivity index (χ0v) is 17.5. The van der Waals surface area contributed by atoms with Crippen LogP contribution in [-0.4, -0.2) is 28.5 Å². The first-order valence-electron chi connectivity index (χ1n) is 8.01. The standard InChI is InChI=1S/C19H13Cl3N2O3S/c1-10-2-5-13(8-14(10)21)23-17(25)9-24-18(26)16(28-19(24)27)6-11-3-4-12(20)7-15(11)22/h2-8H,9H2,1H3,(H,23,25)/b16-6+. The molecule has 0 unspecified atom stereocenters. The van der Waals surface area contributed by atoms with Gasteiger partial charge in [-0.2, -0.15) is 0 Å². The summed E-state index contributed by atoms with van der Waals surface area (Å²) >= 11 is 18.7. The maximum atomic E-state index is 12.5. The lowest BCUT2D eigenvalue weighted by molar-refractivity contribution is -0.127. The van der Waals surface area contributed by atoms with Gasteiger partial charge in [-0.3, -0.25) is 19.3 Å². The van der Waals surface area contributed by atoms with Crippen molar-refractivity contribution in [2.45, 2.75) is 6.92 Å². The number of amides is 3. The van der Waals surface area contributed by atoms with E-state index in [1.165, 1.54) is 6.08 Å². The zero-order valence-electron chi connectivity index (χ0n) is 14.5. The van der Waals surface area contributed by atoms with Crippen LogP contribution in [-0.2, 0) is 9.59 Å². The molecule has 0 aromatic heterocycles. The van der Waals surface area contributed by atoms with Gasteiger partial charge in [-0.05, 0) is 60.2 Å². The SMILES string of the molecule is Cc1ccc(NC(=O)CN2C(=O)S/C(=C/c3ccc(Cl)cc3Cl)C2=O)cc1Cl. The molecule has 3 rings (SSSR count). The van der Waals surface area contributed by atoms with Crippen LogP contribution in [0.15, 0.2) is 41.3 Å². The molecular formula is C19H13Cl3N2O3S. The molecule has 9 heteroatoms. The lowest BCUT2D eigenvalue weighted by Gasteiger charge is -2.13. The maximum Gasteiger partial charge on any atom is 0.294 e. The van der Waals surface area contributed by atoms with Crippen molar-refractivity contribution in [3.63, 3.8) is 0 Å². The Balaban J connectivity index is 1.71. The van der Waals surface area contributed by atoms with Crippen LogP contribution in [0.1, 0.15) is 11.1 Å². The van der Waals surface area contributed by atoms with Crippen LogP contribution in [0.4, 0.5) is 10.5 Å². The van der Waals surface area contributed by atoms with E-state index >= 15 is 0 Å². The highest BCUT2D eigenvalue weighted by Crippen LogP contribution is 2.34. The fourth-order valence-corrected chi connectivity index (χ4v) is 3.88. The zero-order chi connectivity index (χ0) is 20.4. The van der Waals surface area contributed by atoms with Gasteiger partial charge in [0.15, 0.2) is 0 Å². The third kappa shape index (κ3) is 4.70. The van der Waals surface area contributed by atoms with E-state index in [0.717, 1.165) is 22.2 Å². The lowest BCUT2D eigenvalue weighted by atomic mass is 10.2. The van der Waals surface area contributed by atoms with Crippen molar-refractivity contribution in [2.24, 2.45) is 0 Å². The van der Waals surface area contributed by atoms with E-state index in [-0.39, 0.29) is 4.91 Å². The summed E-state index contributed by atoms with van der Waals surface area (Å²) in [5, 5.41) is 3.42. The van der Waals surface area contributed by atoms with Crippen LogP contribution in [0, 0.1) is 6.92 Å². The van der Waals surface area contributed by atoms with E-state index in [4.69, 9.17) is 34.8 Å². The Bertz CT molecular complexity index is 1020. The summed E-state index contributed by atoms with van der Waals surface area (Å²) in [7, 11) is 0. The molecule has 0 spiro atoms. The molecular weight excluding hydrogens is 443 g/mol. The molecule has 1 N–H and O–H groups in total. The number of imide groups is 1. The number of hydrogen-bond acceptors (Lipinski definition) is 4. The Hall–Kier alpha value is -1.99. The van der Waals surface area contributed by atoms with Crippen molar-refractivity contribution in [1.29, 1.82) is 0 Å². The molecule has 3 amide bonds. The quantitative estimate of drug-likeness (QED) is 0.607. The van der Waals surface area contributed by atoms with Crippen LogP contribution >= 0.6 is 46.6 Å². The molecule has 5 nitrogen and oxygen atoms in total. The van der Waals surface area contributed by atoms with Gasteiger partial charge in [0.05, 0.1) is 4.91 Å². The molecule has 1 aliphatic heterocycles. The second-order valence-corrected chi connectivity index (χ2v) is 8.19. The van der Waals surface area contributed by atoms with Gasteiger partial charge in [0.25, 0.3) is 11.1 Å². The Morgan fingerprint density at radius 1 is 1.11 bits per heavy atom. The number of carbonyl (C=O) groups is 3. The van der Waals surface area contributed by atoms with Gasteiger partial charge in [-0.15, -0.1) is 0 Å². The first-order valence-corrected chi connectivity index (χ1v) is 9.96. The van der Waals surface area contributed by atoms with Gasteiger partial charge in [-0.1, -0.05) is 46.9 Å². The van der Waals surface area contributed by atoms with Gasteiger partial charge in [0.2, 0.25) is 5.91 Å². The molecule has 1 aliphatic rings. The van der Waals surface area contributed by atoms with E-state index in [0.29, 0.717) is 26.3 Å². The van der Waals surface area contributed by atoms with Crippen molar-refractivity contribution in [3.8, 4) is 0 Å². The number of halogens is 3. The summed E-state index contributed by atoms with van der Waals surface area (Å²) in [6, 6.07) is 9.87. The molecule has 1 heterocycles. The van der Waals surface area contributed by atoms with Crippen LogP contribution in [0.25, 0.3) is 6.08 Å². The van der Waals surface area contributed by atoms with Crippen molar-refractivity contribution in [2.75, 3.05) is 11.9 Å². The molecule has 2 aromatic rings. The van der Waals surface area contributed by atoms with Crippen molar-refractivity contribution >= 4 is 75.4 Å². The van der Waals surface area contributed by atoms with Gasteiger partial charge in [-0.25, -0.2) is 0 Å². The number of hydrogen-bond donors (Lipinski definition) is 1. The van der Waals surface area contributed by atoms with E-state index < -0.39 is 23.6 Å². The number of benzene rings is 2. The topological polar surface area (TPSA) is 66.5 Å². The molecule has 144 valence electrons. The minimum Gasteiger partial charge on any atom is -0.324 e. The fraction of sp³-hybridized carbons (Fsp3) is 0.105. The van der Waals surface area contributed by atoms with Gasteiger partial charge in [0, 0.05) is 20.8 Å². The largest absolute Gasteiger partial charge is 0.324 e. The highest BCUT2D eigenvalue weighted by Gasteiger charge is 2.36. The molecule has 0 aliphatic carbocycles. The number of nitrogens with zero attached hydrogens (tertiary/aromatic N) is 1. The molecule has 2 aromatic carbocycles. The van der Waals surface area contributed by atoms with Gasteiger partial charge in [0.1, 0.15) is 6.54 Å². The molecule has 1 fully saturated rings. The minimum absolute atomic E-state index is 0.181. The second-order valence-electron chi connectivity index (χ2n) is 5.95. The lowest BCUT2D eigenvalue weighted by Crippen LogP contribution is -2.36. The first kappa shape index (κ1) is 20.7. The van der Waals surface area contributed by atoms with E-state index in [1.807, 2.05) is 6.92 Å². The number of aryl methyl sites for hydroxylation is 1. The summed E-state index contributed by atoms with van der Waals surface area (Å²) in [5.41, 5.74) is 1.91. The second kappa shape index (κ2) is 8.57. The van der Waals surface area contributed by atoms with E-state index in [9.17, 15) is 14.4 Å². The van der Waals surface area contributed by atoms with Crippen molar-refractivity contribution < 1.29 is 14.4 Å². The van der Waals surface area contributed by atoms with Gasteiger partial charge < -0.3 is 5.32 Å². The minimum atomic E-state index is -0.557. The third-order valence-corrected chi connectivity index (χ3v) is 5.76. The van der Waals surface area contributed by atoms with Crippen LogP contribution in [0.5, 0.6) is 0 Å². The third-order valence-electron chi connectivity index (χ3n) is 3.88. The average molecular weight is 456 g/mol. The number of rotatable bonds is 4. The summed E-state index contributed by atoms with van der Waals surface area (Å²) in [5.74, 6) is -1.06. The summed E-state index contributed by atoms with van der Waals surface area (Å²) < 4.78 is 0. The van der Waals surface area contributed by atoms with Crippen LogP contribution in [0.3, 0.4) is 0 Å². The number of thioether (sulfide) groups is 1. The number of anilines is 1. The first-order chi connectivity index (χ1) is 13.2. The monoisotopic (exact) mass is 454 g/mol. The Morgan fingerprint density at radius 3 is 2.54 bits per heavy atom. The predicted molar refractivity (Wildman–Crippen MR) is 114 cm³/mol. The molecule has 28 heavy (non-hydrogen) atoms. The Kier molecular flexibility index (Phi) is 6.35. The molecule has 0 bridgehead atoms. The predicted octanol–water partition coefficient (Wildman–Crippen LogP) is 5.63. The summed E-state index contributed by atoms with van der Waals surface area (Å²) in [6.07, 6.45) is 1.50. The van der Waals surface area contributed by atoms with Gasteiger partial charge >= 0.3 is 0 Å². The molecule has 0 radical (unpaired) electrons. The fourth-order valence-electron chi connectivity index (χ4n) is 2.41. The normalized spacial score (nSPS) is 15.4. The highest BCUT2D eigenvalue weighted by atomic mass is 35.5. The van der Waals surface area contributed by atoms with Crippen LogP contribution in [0.2, 0.25) is 15.1 Å². The van der Waals surface area contributed by atoms with Crippen LogP contribution < -0.4 is 5.32 Å².